The van der Waals surface area contributed by atoms with Gasteiger partial charge in [-0.2, -0.15) is 20.6 Å². The van der Waals surface area contributed by atoms with Gasteiger partial charge in [0.05, 0.1) is 5.69 Å². The van der Waals surface area contributed by atoms with Gasteiger partial charge in [0.15, 0.2) is 0 Å². The molecule has 0 saturated carbocycles. The van der Waals surface area contributed by atoms with Crippen LogP contribution in [0, 0.1) is 29.6 Å². The maximum absolute atomic E-state index is 8.69. The molecule has 0 aliphatic rings. The number of hydrogen-bond acceptors (Lipinski definition) is 7. The highest BCUT2D eigenvalue weighted by Gasteiger charge is 2.12. The summed E-state index contributed by atoms with van der Waals surface area (Å²) in [6.45, 7) is 1.98. The second-order valence-electron chi connectivity index (χ2n) is 5.11. The third-order valence-corrected chi connectivity index (χ3v) is 3.43. The van der Waals surface area contributed by atoms with Gasteiger partial charge in [0.1, 0.15) is 12.1 Å². The van der Waals surface area contributed by atoms with E-state index >= 15 is 0 Å². The van der Waals surface area contributed by atoms with Crippen LogP contribution in [0.3, 0.4) is 0 Å². The van der Waals surface area contributed by atoms with E-state index in [9.17, 15) is 0 Å². The topological polar surface area (TPSA) is 111 Å². The van der Waals surface area contributed by atoms with Crippen LogP contribution < -0.4 is 5.43 Å². The number of rotatable bonds is 4. The lowest BCUT2D eigenvalue weighted by Gasteiger charge is -2.01. The van der Waals surface area contributed by atoms with E-state index < -0.39 is 0 Å². The fraction of sp³-hybridized carbons (Fsp3) is 0.0556. The highest BCUT2D eigenvalue weighted by Crippen LogP contribution is 2.25. The Morgan fingerprint density at radius 3 is 2.68 bits per heavy atom. The number of aryl methyl sites for hydroxylation is 1. The minimum Gasteiger partial charge on any atom is -0.334 e. The number of nitrogens with one attached hydrogen (secondary N) is 1. The van der Waals surface area contributed by atoms with Crippen molar-refractivity contribution in [3.8, 4) is 35.0 Å². The van der Waals surface area contributed by atoms with Crippen molar-refractivity contribution in [1.29, 1.82) is 10.5 Å². The van der Waals surface area contributed by atoms with Crippen LogP contribution in [0.2, 0.25) is 0 Å². The highest BCUT2D eigenvalue weighted by atomic mass is 16.5. The predicted molar refractivity (Wildman–Crippen MR) is 92.2 cm³/mol. The predicted octanol–water partition coefficient (Wildman–Crippen LogP) is 3.53. The largest absolute Gasteiger partial charge is 0.334 e. The van der Waals surface area contributed by atoms with Gasteiger partial charge in [-0.05, 0) is 30.7 Å². The SMILES string of the molecule is Cc1ccccc1-c1noc(-c2cccc(NN=C(C#N)C#N)c2)n1. The van der Waals surface area contributed by atoms with Crippen LogP contribution in [0.25, 0.3) is 22.8 Å². The quantitative estimate of drug-likeness (QED) is 0.579. The molecule has 2 aromatic carbocycles. The van der Waals surface area contributed by atoms with Crippen molar-refractivity contribution in [2.75, 3.05) is 5.43 Å². The number of benzene rings is 2. The van der Waals surface area contributed by atoms with Gasteiger partial charge in [0, 0.05) is 11.1 Å². The standard InChI is InChI=1S/C18H12N6O/c1-12-5-2-3-8-16(12)17-21-18(25-24-17)13-6-4-7-14(9-13)22-23-15(10-19)11-20/h2-9,22H,1H3. The molecule has 0 unspecified atom stereocenters. The Balaban J connectivity index is 1.88. The molecule has 0 bridgehead atoms. The summed E-state index contributed by atoms with van der Waals surface area (Å²) in [5.41, 5.74) is 5.65. The summed E-state index contributed by atoms with van der Waals surface area (Å²) in [6.07, 6.45) is 0. The van der Waals surface area contributed by atoms with Gasteiger partial charge in [0.2, 0.25) is 11.5 Å². The van der Waals surface area contributed by atoms with Gasteiger partial charge < -0.3 is 4.52 Å². The Morgan fingerprint density at radius 1 is 1.12 bits per heavy atom. The average molecular weight is 328 g/mol. The molecule has 0 aliphatic carbocycles. The number of aromatic nitrogens is 2. The molecule has 0 fully saturated rings. The first-order valence-electron chi connectivity index (χ1n) is 7.35. The molecule has 25 heavy (non-hydrogen) atoms. The molecule has 0 spiro atoms. The molecule has 7 heteroatoms. The molecule has 1 aromatic heterocycles. The van der Waals surface area contributed by atoms with Crippen LogP contribution in [0.5, 0.6) is 0 Å². The maximum Gasteiger partial charge on any atom is 0.258 e. The van der Waals surface area contributed by atoms with Gasteiger partial charge >= 0.3 is 0 Å². The van der Waals surface area contributed by atoms with Gasteiger partial charge in [-0.3, -0.25) is 5.43 Å². The van der Waals surface area contributed by atoms with Gasteiger partial charge in [-0.15, -0.1) is 0 Å². The summed E-state index contributed by atoms with van der Waals surface area (Å²) in [5.74, 6) is 0.882. The first-order valence-corrected chi connectivity index (χ1v) is 7.35. The van der Waals surface area contributed by atoms with Gasteiger partial charge in [-0.25, -0.2) is 0 Å². The molecule has 3 aromatic rings. The molecule has 0 saturated heterocycles. The lowest BCUT2D eigenvalue weighted by molar-refractivity contribution is 0.432. The van der Waals surface area contributed by atoms with Crippen molar-refractivity contribution < 1.29 is 4.52 Å². The zero-order valence-corrected chi connectivity index (χ0v) is 13.3. The Kier molecular flexibility index (Phi) is 4.50. The summed E-state index contributed by atoms with van der Waals surface area (Å²) >= 11 is 0. The molecule has 1 heterocycles. The molecular weight excluding hydrogens is 316 g/mol. The fourth-order valence-electron chi connectivity index (χ4n) is 2.19. The number of nitrogens with zero attached hydrogens (tertiary/aromatic N) is 5. The summed E-state index contributed by atoms with van der Waals surface area (Å²) in [4.78, 5) is 4.43. The van der Waals surface area contributed by atoms with Crippen LogP contribution in [0.1, 0.15) is 5.56 Å². The Labute approximate surface area is 143 Å². The van der Waals surface area contributed by atoms with E-state index in [0.717, 1.165) is 11.1 Å². The van der Waals surface area contributed by atoms with Crippen LogP contribution in [0.15, 0.2) is 58.2 Å². The molecule has 0 radical (unpaired) electrons. The van der Waals surface area contributed by atoms with E-state index in [1.807, 2.05) is 37.3 Å². The zero-order valence-electron chi connectivity index (χ0n) is 13.3. The lowest BCUT2D eigenvalue weighted by atomic mass is 10.1. The molecular formula is C18H12N6O. The van der Waals surface area contributed by atoms with E-state index in [1.165, 1.54) is 0 Å². The van der Waals surface area contributed by atoms with Crippen molar-refractivity contribution >= 4 is 11.4 Å². The third-order valence-electron chi connectivity index (χ3n) is 3.43. The highest BCUT2D eigenvalue weighted by molar-refractivity contribution is 6.10. The van der Waals surface area contributed by atoms with Crippen molar-refractivity contribution in [3.63, 3.8) is 0 Å². The second kappa shape index (κ2) is 7.07. The van der Waals surface area contributed by atoms with Crippen molar-refractivity contribution in [2.24, 2.45) is 5.10 Å². The summed E-state index contributed by atoms with van der Waals surface area (Å²) < 4.78 is 5.35. The zero-order chi connectivity index (χ0) is 17.6. The fourth-order valence-corrected chi connectivity index (χ4v) is 2.19. The number of hydrazone groups is 1. The first-order chi connectivity index (χ1) is 12.2. The van der Waals surface area contributed by atoms with E-state index in [2.05, 4.69) is 20.7 Å². The molecule has 0 atom stereocenters. The van der Waals surface area contributed by atoms with E-state index in [1.54, 1.807) is 30.3 Å². The third kappa shape index (κ3) is 3.52. The Morgan fingerprint density at radius 2 is 1.92 bits per heavy atom. The summed E-state index contributed by atoms with van der Waals surface area (Å²) in [5, 5.41) is 25.1. The number of hydrogen-bond donors (Lipinski definition) is 1. The number of nitriles is 2. The first kappa shape index (κ1) is 15.9. The van der Waals surface area contributed by atoms with Crippen LogP contribution in [-0.4, -0.2) is 15.9 Å². The molecule has 0 amide bonds. The number of anilines is 1. The lowest BCUT2D eigenvalue weighted by Crippen LogP contribution is -1.96. The Bertz CT molecular complexity index is 1010. The summed E-state index contributed by atoms with van der Waals surface area (Å²) in [6, 6.07) is 18.2. The maximum atomic E-state index is 8.69. The minimum absolute atomic E-state index is 0.259. The van der Waals surface area contributed by atoms with Crippen LogP contribution in [0.4, 0.5) is 5.69 Å². The van der Waals surface area contributed by atoms with Gasteiger partial charge in [-0.1, -0.05) is 35.5 Å². The van der Waals surface area contributed by atoms with E-state index in [4.69, 9.17) is 15.0 Å². The van der Waals surface area contributed by atoms with Crippen LogP contribution >= 0.6 is 0 Å². The second-order valence-corrected chi connectivity index (χ2v) is 5.11. The molecule has 7 nitrogen and oxygen atoms in total. The monoisotopic (exact) mass is 328 g/mol. The normalized spacial score (nSPS) is 9.72. The minimum atomic E-state index is -0.259. The Hall–Kier alpha value is -3.97. The molecule has 0 aliphatic heterocycles. The molecule has 1 N–H and O–H groups in total. The smallest absolute Gasteiger partial charge is 0.258 e. The van der Waals surface area contributed by atoms with E-state index in [-0.39, 0.29) is 5.71 Å². The van der Waals surface area contributed by atoms with Crippen LogP contribution in [-0.2, 0) is 0 Å². The average Bonchev–Trinajstić information content (AvgIpc) is 3.13. The van der Waals surface area contributed by atoms with Gasteiger partial charge in [0.25, 0.3) is 5.89 Å². The van der Waals surface area contributed by atoms with Crippen molar-refractivity contribution in [2.45, 2.75) is 6.92 Å². The van der Waals surface area contributed by atoms with E-state index in [0.29, 0.717) is 23.0 Å². The molecule has 3 rings (SSSR count). The van der Waals surface area contributed by atoms with Crippen molar-refractivity contribution in [3.05, 3.63) is 54.1 Å². The summed E-state index contributed by atoms with van der Waals surface area (Å²) in [7, 11) is 0. The van der Waals surface area contributed by atoms with Crippen molar-refractivity contribution in [1.82, 2.24) is 10.1 Å². The molecule has 120 valence electrons.